The minimum absolute atomic E-state index is 0.246. The summed E-state index contributed by atoms with van der Waals surface area (Å²) in [4.78, 5) is 12.9. The zero-order chi connectivity index (χ0) is 15.6. The van der Waals surface area contributed by atoms with Gasteiger partial charge in [0.15, 0.2) is 5.78 Å². The Morgan fingerprint density at radius 2 is 1.71 bits per heavy atom. The van der Waals surface area contributed by atoms with Gasteiger partial charge in [-0.3, -0.25) is 9.00 Å². The first-order valence-corrected chi connectivity index (χ1v) is 8.41. The second-order valence-electron chi connectivity index (χ2n) is 4.36. The van der Waals surface area contributed by atoms with Crippen molar-refractivity contribution in [2.75, 3.05) is 0 Å². The lowest BCUT2D eigenvalue weighted by atomic mass is 10.1. The van der Waals surface area contributed by atoms with Gasteiger partial charge in [-0.05, 0) is 37.3 Å². The van der Waals surface area contributed by atoms with E-state index in [1.54, 1.807) is 37.3 Å². The fraction of sp³-hybridized carbons (Fsp3) is 0.133. The van der Waals surface area contributed by atoms with E-state index in [4.69, 9.17) is 34.8 Å². The summed E-state index contributed by atoms with van der Waals surface area (Å²) in [6.07, 6.45) is 0. The van der Waals surface area contributed by atoms with E-state index in [-0.39, 0.29) is 10.8 Å². The number of carbonyl (C=O) groups is 1. The third kappa shape index (κ3) is 3.67. The van der Waals surface area contributed by atoms with Crippen LogP contribution >= 0.6 is 34.8 Å². The van der Waals surface area contributed by atoms with E-state index in [9.17, 15) is 9.00 Å². The van der Waals surface area contributed by atoms with Gasteiger partial charge in [0, 0.05) is 10.6 Å². The van der Waals surface area contributed by atoms with Crippen molar-refractivity contribution in [1.29, 1.82) is 0 Å². The largest absolute Gasteiger partial charge is 0.293 e. The highest BCUT2D eigenvalue weighted by Crippen LogP contribution is 2.26. The smallest absolute Gasteiger partial charge is 0.179 e. The quantitative estimate of drug-likeness (QED) is 0.716. The molecule has 2 nitrogen and oxygen atoms in total. The Morgan fingerprint density at radius 1 is 1.05 bits per heavy atom. The molecule has 110 valence electrons. The molecular formula is C15H11Cl3O2S. The maximum absolute atomic E-state index is 12.5. The molecule has 0 fully saturated rings. The van der Waals surface area contributed by atoms with Crippen molar-refractivity contribution in [2.24, 2.45) is 0 Å². The van der Waals surface area contributed by atoms with Crippen molar-refractivity contribution in [3.8, 4) is 0 Å². The van der Waals surface area contributed by atoms with Crippen molar-refractivity contribution in [2.45, 2.75) is 17.1 Å². The molecule has 6 heteroatoms. The molecule has 2 aromatic carbocycles. The number of benzene rings is 2. The van der Waals surface area contributed by atoms with Crippen LogP contribution in [0.5, 0.6) is 0 Å². The molecule has 0 bridgehead atoms. The molecule has 0 aliphatic heterocycles. The van der Waals surface area contributed by atoms with Crippen LogP contribution in [0, 0.1) is 0 Å². The monoisotopic (exact) mass is 360 g/mol. The summed E-state index contributed by atoms with van der Waals surface area (Å²) < 4.78 is 12.5. The summed E-state index contributed by atoms with van der Waals surface area (Å²) >= 11 is 17.8. The number of hydrogen-bond donors (Lipinski definition) is 0. The number of halogens is 3. The van der Waals surface area contributed by atoms with Gasteiger partial charge < -0.3 is 0 Å². The third-order valence-corrected chi connectivity index (χ3v) is 5.58. The van der Waals surface area contributed by atoms with Gasteiger partial charge in [0.05, 0.1) is 31.0 Å². The molecule has 0 amide bonds. The zero-order valence-electron chi connectivity index (χ0n) is 11.0. The highest BCUT2D eigenvalue weighted by Gasteiger charge is 2.25. The molecule has 2 rings (SSSR count). The summed E-state index contributed by atoms with van der Waals surface area (Å²) in [6, 6.07) is 11.4. The molecule has 0 saturated heterocycles. The Morgan fingerprint density at radius 3 is 2.33 bits per heavy atom. The molecule has 0 aliphatic rings. The average molecular weight is 362 g/mol. The van der Waals surface area contributed by atoms with E-state index in [0.29, 0.717) is 20.5 Å². The molecule has 2 aromatic rings. The fourth-order valence-electron chi connectivity index (χ4n) is 1.80. The molecule has 0 heterocycles. The van der Waals surface area contributed by atoms with Crippen molar-refractivity contribution >= 4 is 51.4 Å². The van der Waals surface area contributed by atoms with Gasteiger partial charge in [0.1, 0.15) is 0 Å². The van der Waals surface area contributed by atoms with Crippen LogP contribution in [0.25, 0.3) is 0 Å². The van der Waals surface area contributed by atoms with Gasteiger partial charge in [-0.2, -0.15) is 0 Å². The maximum Gasteiger partial charge on any atom is 0.179 e. The molecule has 0 aliphatic carbocycles. The fourth-order valence-corrected chi connectivity index (χ4v) is 3.84. The Bertz CT molecular complexity index is 716. The highest BCUT2D eigenvalue weighted by molar-refractivity contribution is 7.86. The van der Waals surface area contributed by atoms with E-state index in [0.717, 1.165) is 0 Å². The van der Waals surface area contributed by atoms with Crippen LogP contribution in [0.1, 0.15) is 17.3 Å². The van der Waals surface area contributed by atoms with E-state index < -0.39 is 16.0 Å². The van der Waals surface area contributed by atoms with Crippen LogP contribution < -0.4 is 0 Å². The van der Waals surface area contributed by atoms with Crippen LogP contribution in [-0.4, -0.2) is 15.2 Å². The van der Waals surface area contributed by atoms with Gasteiger partial charge in [-0.15, -0.1) is 0 Å². The predicted octanol–water partition coefficient (Wildman–Crippen LogP) is 5.03. The van der Waals surface area contributed by atoms with Crippen molar-refractivity contribution in [1.82, 2.24) is 0 Å². The van der Waals surface area contributed by atoms with Gasteiger partial charge >= 0.3 is 0 Å². The molecule has 2 unspecified atom stereocenters. The van der Waals surface area contributed by atoms with E-state index in [1.165, 1.54) is 12.1 Å². The number of Topliss-reactive ketones (excluding diaryl/α,β-unsaturated/α-hetero) is 1. The SMILES string of the molecule is CC(C(=O)c1ccc(Cl)cc1Cl)S(=O)c1ccccc1Cl. The molecule has 2 atom stereocenters. The third-order valence-electron chi connectivity index (χ3n) is 2.94. The Labute approximate surface area is 140 Å². The summed E-state index contributed by atoms with van der Waals surface area (Å²) in [7, 11) is -1.56. The Balaban J connectivity index is 2.31. The van der Waals surface area contributed by atoms with Crippen LogP contribution in [0.3, 0.4) is 0 Å². The topological polar surface area (TPSA) is 34.1 Å². The van der Waals surface area contributed by atoms with E-state index >= 15 is 0 Å². The number of ketones is 1. The van der Waals surface area contributed by atoms with Crippen LogP contribution in [0.15, 0.2) is 47.4 Å². The first-order chi connectivity index (χ1) is 9.91. The number of rotatable bonds is 4. The molecule has 0 spiro atoms. The Kier molecular flexibility index (Phi) is 5.44. The summed E-state index contributed by atoms with van der Waals surface area (Å²) in [5.74, 6) is -0.310. The van der Waals surface area contributed by atoms with Crippen LogP contribution in [-0.2, 0) is 10.8 Å². The highest BCUT2D eigenvalue weighted by atomic mass is 35.5. The maximum atomic E-state index is 12.5. The normalized spacial score (nSPS) is 13.7. The lowest BCUT2D eigenvalue weighted by Gasteiger charge is -2.12. The van der Waals surface area contributed by atoms with Crippen molar-refractivity contribution < 1.29 is 9.00 Å². The van der Waals surface area contributed by atoms with E-state index in [2.05, 4.69) is 0 Å². The molecule has 0 N–H and O–H groups in total. The minimum atomic E-state index is -1.56. The molecular weight excluding hydrogens is 351 g/mol. The number of carbonyl (C=O) groups excluding carboxylic acids is 1. The van der Waals surface area contributed by atoms with Gasteiger partial charge in [-0.25, -0.2) is 0 Å². The number of hydrogen-bond acceptors (Lipinski definition) is 2. The minimum Gasteiger partial charge on any atom is -0.293 e. The summed E-state index contributed by atoms with van der Waals surface area (Å²) in [5.41, 5.74) is 0.300. The second-order valence-corrected chi connectivity index (χ2v) is 7.35. The first-order valence-electron chi connectivity index (χ1n) is 6.06. The molecule has 0 saturated carbocycles. The first kappa shape index (κ1) is 16.5. The van der Waals surface area contributed by atoms with Crippen LogP contribution in [0.4, 0.5) is 0 Å². The van der Waals surface area contributed by atoms with Gasteiger partial charge in [-0.1, -0.05) is 46.9 Å². The molecule has 0 aromatic heterocycles. The van der Waals surface area contributed by atoms with Gasteiger partial charge in [0.2, 0.25) is 0 Å². The van der Waals surface area contributed by atoms with Crippen molar-refractivity contribution in [3.63, 3.8) is 0 Å². The Hall–Kier alpha value is -0.870. The predicted molar refractivity (Wildman–Crippen MR) is 88.1 cm³/mol. The lowest BCUT2D eigenvalue weighted by Crippen LogP contribution is -2.23. The van der Waals surface area contributed by atoms with Crippen molar-refractivity contribution in [3.05, 3.63) is 63.1 Å². The van der Waals surface area contributed by atoms with E-state index in [1.807, 2.05) is 0 Å². The standard InChI is InChI=1S/C15H11Cl3O2S/c1-9(21(20)14-5-3-2-4-12(14)17)15(19)11-7-6-10(16)8-13(11)18/h2-9H,1H3. The molecule has 0 radical (unpaired) electrons. The average Bonchev–Trinajstić information content (AvgIpc) is 2.45. The summed E-state index contributed by atoms with van der Waals surface area (Å²) in [6.45, 7) is 1.59. The van der Waals surface area contributed by atoms with Gasteiger partial charge in [0.25, 0.3) is 0 Å². The summed E-state index contributed by atoms with van der Waals surface area (Å²) in [5, 5.41) is 0.299. The zero-order valence-corrected chi connectivity index (χ0v) is 14.1. The molecule has 21 heavy (non-hydrogen) atoms. The van der Waals surface area contributed by atoms with Crippen LogP contribution in [0.2, 0.25) is 15.1 Å². The second kappa shape index (κ2) is 6.93. The lowest BCUT2D eigenvalue weighted by molar-refractivity contribution is 0.0993.